The van der Waals surface area contributed by atoms with Gasteiger partial charge < -0.3 is 0 Å². The zero-order chi connectivity index (χ0) is 15.6. The highest BCUT2D eigenvalue weighted by Gasteiger charge is 2.12. The SMILES string of the molecule is [2H]C(C(=O)c1c(C)cc(C)cc1C)C([2H])c1ccccc1. The summed E-state index contributed by atoms with van der Waals surface area (Å²) in [6.45, 7) is 5.77. The molecule has 2 aromatic carbocycles. The summed E-state index contributed by atoms with van der Waals surface area (Å²) in [6, 6.07) is 13.0. The highest BCUT2D eigenvalue weighted by Crippen LogP contribution is 2.19. The van der Waals surface area contributed by atoms with Crippen molar-refractivity contribution < 1.29 is 7.54 Å². The van der Waals surface area contributed by atoms with Crippen LogP contribution < -0.4 is 0 Å². The molecular formula is C18H20O. The number of hydrogen-bond donors (Lipinski definition) is 0. The second-order valence-corrected chi connectivity index (χ2v) is 4.88. The van der Waals surface area contributed by atoms with Crippen molar-refractivity contribution in [3.63, 3.8) is 0 Å². The minimum atomic E-state index is -1.10. The van der Waals surface area contributed by atoms with Gasteiger partial charge in [-0.3, -0.25) is 4.79 Å². The van der Waals surface area contributed by atoms with Crippen LogP contribution in [0, 0.1) is 20.8 Å². The third-order valence-electron chi connectivity index (χ3n) is 3.15. The average molecular weight is 254 g/mol. The van der Waals surface area contributed by atoms with Gasteiger partial charge in [0.25, 0.3) is 0 Å². The van der Waals surface area contributed by atoms with E-state index >= 15 is 0 Å². The monoisotopic (exact) mass is 254 g/mol. The predicted molar refractivity (Wildman–Crippen MR) is 79.7 cm³/mol. The Kier molecular flexibility index (Phi) is 3.37. The van der Waals surface area contributed by atoms with Crippen molar-refractivity contribution in [2.75, 3.05) is 0 Å². The Labute approximate surface area is 118 Å². The van der Waals surface area contributed by atoms with Crippen LogP contribution in [0.4, 0.5) is 0 Å². The first-order valence-electron chi connectivity index (χ1n) is 7.58. The molecule has 19 heavy (non-hydrogen) atoms. The molecule has 0 saturated carbocycles. The zero-order valence-electron chi connectivity index (χ0n) is 13.6. The summed E-state index contributed by atoms with van der Waals surface area (Å²) in [4.78, 5) is 12.6. The second kappa shape index (κ2) is 5.83. The predicted octanol–water partition coefficient (Wildman–Crippen LogP) is 4.43. The van der Waals surface area contributed by atoms with Crippen molar-refractivity contribution in [1.82, 2.24) is 0 Å². The minimum absolute atomic E-state index is 0.270. The van der Waals surface area contributed by atoms with Crippen molar-refractivity contribution in [1.29, 1.82) is 0 Å². The molecule has 0 aliphatic rings. The smallest absolute Gasteiger partial charge is 0.163 e. The molecule has 0 N–H and O–H groups in total. The van der Waals surface area contributed by atoms with Gasteiger partial charge in [0, 0.05) is 14.7 Å². The zero-order valence-corrected chi connectivity index (χ0v) is 11.6. The Morgan fingerprint density at radius 3 is 2.21 bits per heavy atom. The summed E-state index contributed by atoms with van der Waals surface area (Å²) in [6.07, 6.45) is -1.97. The normalized spacial score (nSPS) is 15.3. The summed E-state index contributed by atoms with van der Waals surface area (Å²) in [5.41, 5.74) is 4.17. The molecule has 0 aliphatic carbocycles. The van der Waals surface area contributed by atoms with Crippen molar-refractivity contribution in [3.05, 3.63) is 70.3 Å². The summed E-state index contributed by atoms with van der Waals surface area (Å²) in [5.74, 6) is -0.270. The molecule has 0 aromatic heterocycles. The van der Waals surface area contributed by atoms with E-state index in [1.807, 2.05) is 51.1 Å². The molecule has 0 spiro atoms. The first-order chi connectivity index (χ1) is 9.91. The first kappa shape index (κ1) is 11.0. The van der Waals surface area contributed by atoms with Gasteiger partial charge in [-0.05, 0) is 43.9 Å². The maximum Gasteiger partial charge on any atom is 0.163 e. The summed E-state index contributed by atoms with van der Waals surface area (Å²) in [5, 5.41) is 0. The van der Waals surface area contributed by atoms with Crippen molar-refractivity contribution in [2.45, 2.75) is 33.6 Å². The van der Waals surface area contributed by atoms with E-state index in [4.69, 9.17) is 2.74 Å². The number of carbonyl (C=O) groups excluding carboxylic acids is 1. The van der Waals surface area contributed by atoms with Gasteiger partial charge in [0.15, 0.2) is 5.78 Å². The van der Waals surface area contributed by atoms with Crippen molar-refractivity contribution in [2.24, 2.45) is 0 Å². The van der Waals surface area contributed by atoms with Gasteiger partial charge in [0.05, 0.1) is 0 Å². The quantitative estimate of drug-likeness (QED) is 0.738. The number of rotatable bonds is 4. The molecule has 1 heteroatoms. The van der Waals surface area contributed by atoms with Gasteiger partial charge in [0.2, 0.25) is 0 Å². The molecule has 2 rings (SSSR count). The Bertz CT molecular complexity index is 627. The Balaban J connectivity index is 2.32. The number of Topliss-reactive ketones (excluding diaryl/α,β-unsaturated/α-hetero) is 1. The van der Waals surface area contributed by atoms with E-state index < -0.39 is 12.8 Å². The molecular weight excluding hydrogens is 232 g/mol. The number of aryl methyl sites for hydroxylation is 4. The van der Waals surface area contributed by atoms with E-state index in [0.717, 1.165) is 16.7 Å². The molecule has 2 atom stereocenters. The Morgan fingerprint density at radius 1 is 1.05 bits per heavy atom. The topological polar surface area (TPSA) is 17.1 Å². The molecule has 2 aromatic rings. The molecule has 0 heterocycles. The van der Waals surface area contributed by atoms with Gasteiger partial charge in [-0.1, -0.05) is 48.0 Å². The molecule has 0 aliphatic heterocycles. The fourth-order valence-electron chi connectivity index (χ4n) is 2.39. The molecule has 0 amide bonds. The molecule has 98 valence electrons. The van der Waals surface area contributed by atoms with Crippen molar-refractivity contribution in [3.8, 4) is 0 Å². The van der Waals surface area contributed by atoms with Crippen LogP contribution in [0.2, 0.25) is 0 Å². The highest BCUT2D eigenvalue weighted by atomic mass is 16.1. The van der Waals surface area contributed by atoms with E-state index in [0.29, 0.717) is 11.1 Å². The van der Waals surface area contributed by atoms with E-state index in [2.05, 4.69) is 0 Å². The second-order valence-electron chi connectivity index (χ2n) is 4.88. The van der Waals surface area contributed by atoms with Crippen LogP contribution in [0.3, 0.4) is 0 Å². The lowest BCUT2D eigenvalue weighted by molar-refractivity contribution is 0.0981. The van der Waals surface area contributed by atoms with Crippen LogP contribution in [-0.4, -0.2) is 5.78 Å². The molecule has 0 radical (unpaired) electrons. The number of hydrogen-bond acceptors (Lipinski definition) is 1. The van der Waals surface area contributed by atoms with Crippen LogP contribution in [0.15, 0.2) is 42.5 Å². The third-order valence-corrected chi connectivity index (χ3v) is 3.15. The Hall–Kier alpha value is -1.89. The van der Waals surface area contributed by atoms with Crippen LogP contribution in [-0.2, 0) is 6.40 Å². The lowest BCUT2D eigenvalue weighted by atomic mass is 9.94. The fourth-order valence-corrected chi connectivity index (χ4v) is 2.39. The lowest BCUT2D eigenvalue weighted by Crippen LogP contribution is -2.06. The van der Waals surface area contributed by atoms with Crippen LogP contribution in [0.5, 0.6) is 0 Å². The van der Waals surface area contributed by atoms with E-state index in [1.54, 1.807) is 12.1 Å². The van der Waals surface area contributed by atoms with Crippen LogP contribution in [0.1, 0.15) is 41.8 Å². The summed E-state index contributed by atoms with van der Waals surface area (Å²) >= 11 is 0. The number of benzene rings is 2. The summed E-state index contributed by atoms with van der Waals surface area (Å²) in [7, 11) is 0. The highest BCUT2D eigenvalue weighted by molar-refractivity contribution is 5.99. The van der Waals surface area contributed by atoms with E-state index in [1.165, 1.54) is 0 Å². The standard InChI is InChI=1S/C18H20O/c1-13-11-14(2)18(15(3)12-13)17(19)10-9-16-7-5-4-6-8-16/h4-8,11-12H,9-10H2,1-3H3/i9D,10D. The van der Waals surface area contributed by atoms with Gasteiger partial charge in [-0.25, -0.2) is 0 Å². The fraction of sp³-hybridized carbons (Fsp3) is 0.278. The van der Waals surface area contributed by atoms with Gasteiger partial charge >= 0.3 is 0 Å². The molecule has 0 saturated heterocycles. The minimum Gasteiger partial charge on any atom is -0.294 e. The summed E-state index contributed by atoms with van der Waals surface area (Å²) < 4.78 is 16.3. The van der Waals surface area contributed by atoms with Gasteiger partial charge in [-0.15, -0.1) is 0 Å². The van der Waals surface area contributed by atoms with E-state index in [-0.39, 0.29) is 5.78 Å². The Morgan fingerprint density at radius 2 is 1.63 bits per heavy atom. The largest absolute Gasteiger partial charge is 0.294 e. The first-order valence-corrected chi connectivity index (χ1v) is 6.43. The van der Waals surface area contributed by atoms with Crippen LogP contribution in [0.25, 0.3) is 0 Å². The molecule has 2 unspecified atom stereocenters. The maximum atomic E-state index is 12.6. The average Bonchev–Trinajstić information content (AvgIpc) is 2.45. The number of carbonyl (C=O) groups is 1. The molecule has 1 nitrogen and oxygen atoms in total. The van der Waals surface area contributed by atoms with Crippen molar-refractivity contribution >= 4 is 5.78 Å². The molecule has 0 bridgehead atoms. The third kappa shape index (κ3) is 3.31. The number of ketones is 1. The lowest BCUT2D eigenvalue weighted by Gasteiger charge is -2.10. The van der Waals surface area contributed by atoms with Crippen LogP contribution >= 0.6 is 0 Å². The van der Waals surface area contributed by atoms with Gasteiger partial charge in [0.1, 0.15) is 0 Å². The maximum absolute atomic E-state index is 12.6. The van der Waals surface area contributed by atoms with Gasteiger partial charge in [-0.2, -0.15) is 0 Å². The molecule has 0 fully saturated rings. The van der Waals surface area contributed by atoms with E-state index in [9.17, 15) is 4.79 Å².